The van der Waals surface area contributed by atoms with E-state index in [1.807, 2.05) is 37.3 Å². The summed E-state index contributed by atoms with van der Waals surface area (Å²) in [5, 5.41) is 2.87. The van der Waals surface area contributed by atoms with Crippen molar-refractivity contribution < 1.29 is 4.79 Å². The summed E-state index contributed by atoms with van der Waals surface area (Å²) < 4.78 is 0. The first-order chi connectivity index (χ1) is 10.2. The molecular weight excluding hydrogens is 262 g/mol. The van der Waals surface area contributed by atoms with Crippen molar-refractivity contribution in [3.05, 3.63) is 65.0 Å². The Morgan fingerprint density at radius 3 is 2.86 bits per heavy atom. The number of hydrogen-bond acceptors (Lipinski definition) is 3. The molecule has 4 nitrogen and oxygen atoms in total. The van der Waals surface area contributed by atoms with E-state index in [9.17, 15) is 4.79 Å². The quantitative estimate of drug-likeness (QED) is 0.839. The van der Waals surface area contributed by atoms with Crippen LogP contribution in [-0.4, -0.2) is 17.4 Å². The molecular formula is C17H17N3O. The SMILES string of the molecule is Cc1cccnc1CNC(=O)c1ccccc1C#CCN. The van der Waals surface area contributed by atoms with Crippen LogP contribution in [0.2, 0.25) is 0 Å². The van der Waals surface area contributed by atoms with Crippen molar-refractivity contribution in [1.29, 1.82) is 0 Å². The Morgan fingerprint density at radius 1 is 1.29 bits per heavy atom. The molecule has 1 aromatic carbocycles. The minimum Gasteiger partial charge on any atom is -0.346 e. The fraction of sp³-hybridized carbons (Fsp3) is 0.176. The number of benzene rings is 1. The fourth-order valence-corrected chi connectivity index (χ4v) is 1.90. The van der Waals surface area contributed by atoms with Crippen molar-refractivity contribution in [2.45, 2.75) is 13.5 Å². The zero-order valence-corrected chi connectivity index (χ0v) is 11.9. The van der Waals surface area contributed by atoms with Crippen LogP contribution in [0.5, 0.6) is 0 Å². The van der Waals surface area contributed by atoms with E-state index in [4.69, 9.17) is 5.73 Å². The zero-order chi connectivity index (χ0) is 15.1. The van der Waals surface area contributed by atoms with E-state index in [1.165, 1.54) is 0 Å². The van der Waals surface area contributed by atoms with Crippen molar-refractivity contribution >= 4 is 5.91 Å². The lowest BCUT2D eigenvalue weighted by molar-refractivity contribution is 0.0950. The molecule has 0 bridgehead atoms. The summed E-state index contributed by atoms with van der Waals surface area (Å²) in [5.41, 5.74) is 8.51. The highest BCUT2D eigenvalue weighted by Gasteiger charge is 2.10. The lowest BCUT2D eigenvalue weighted by Gasteiger charge is -2.08. The van der Waals surface area contributed by atoms with Gasteiger partial charge in [-0.3, -0.25) is 9.78 Å². The molecule has 0 spiro atoms. The van der Waals surface area contributed by atoms with Crippen LogP contribution in [-0.2, 0) is 6.54 Å². The van der Waals surface area contributed by atoms with Gasteiger partial charge in [-0.15, -0.1) is 0 Å². The van der Waals surface area contributed by atoms with Gasteiger partial charge in [0.15, 0.2) is 0 Å². The molecule has 106 valence electrons. The second-order valence-electron chi connectivity index (χ2n) is 4.50. The minimum atomic E-state index is -0.165. The Balaban J connectivity index is 2.12. The number of hydrogen-bond donors (Lipinski definition) is 2. The summed E-state index contributed by atoms with van der Waals surface area (Å²) in [6, 6.07) is 11.1. The predicted molar refractivity (Wildman–Crippen MR) is 82.5 cm³/mol. The molecule has 4 heteroatoms. The first kappa shape index (κ1) is 14.8. The van der Waals surface area contributed by atoms with Gasteiger partial charge in [-0.05, 0) is 30.7 Å². The molecule has 0 saturated heterocycles. The number of carbonyl (C=O) groups is 1. The van der Waals surface area contributed by atoms with Gasteiger partial charge < -0.3 is 11.1 Å². The molecule has 0 atom stereocenters. The molecule has 2 rings (SSSR count). The van der Waals surface area contributed by atoms with E-state index in [0.29, 0.717) is 17.7 Å². The molecule has 0 radical (unpaired) electrons. The molecule has 0 aliphatic rings. The summed E-state index contributed by atoms with van der Waals surface area (Å²) >= 11 is 0. The van der Waals surface area contributed by atoms with Crippen LogP contribution >= 0.6 is 0 Å². The van der Waals surface area contributed by atoms with E-state index in [1.54, 1.807) is 12.3 Å². The molecule has 0 unspecified atom stereocenters. The van der Waals surface area contributed by atoms with Crippen LogP contribution in [0.3, 0.4) is 0 Å². The maximum atomic E-state index is 12.3. The van der Waals surface area contributed by atoms with Gasteiger partial charge in [0.05, 0.1) is 24.3 Å². The lowest BCUT2D eigenvalue weighted by atomic mass is 10.1. The second-order valence-corrected chi connectivity index (χ2v) is 4.50. The van der Waals surface area contributed by atoms with Crippen molar-refractivity contribution in [2.24, 2.45) is 5.73 Å². The number of nitrogens with two attached hydrogens (primary N) is 1. The molecule has 1 aromatic heterocycles. The summed E-state index contributed by atoms with van der Waals surface area (Å²) in [5.74, 6) is 5.52. The molecule has 21 heavy (non-hydrogen) atoms. The predicted octanol–water partition coefficient (Wildman–Crippen LogP) is 1.63. The molecule has 0 fully saturated rings. The standard InChI is InChI=1S/C17H17N3O/c1-13-6-5-11-19-16(13)12-20-17(21)15-9-3-2-7-14(15)8-4-10-18/h2-3,5-7,9,11H,10,12,18H2,1H3,(H,20,21). The van der Waals surface area contributed by atoms with Crippen LogP contribution in [0.4, 0.5) is 0 Å². The highest BCUT2D eigenvalue weighted by molar-refractivity contribution is 5.96. The number of pyridine rings is 1. The normalized spacial score (nSPS) is 9.62. The van der Waals surface area contributed by atoms with E-state index in [-0.39, 0.29) is 12.5 Å². The third kappa shape index (κ3) is 3.91. The van der Waals surface area contributed by atoms with E-state index < -0.39 is 0 Å². The van der Waals surface area contributed by atoms with Crippen LogP contribution in [0.25, 0.3) is 0 Å². The third-order valence-electron chi connectivity index (χ3n) is 3.03. The van der Waals surface area contributed by atoms with Crippen LogP contribution in [0, 0.1) is 18.8 Å². The van der Waals surface area contributed by atoms with Crippen LogP contribution in [0.1, 0.15) is 27.2 Å². The molecule has 0 aliphatic heterocycles. The minimum absolute atomic E-state index is 0.165. The van der Waals surface area contributed by atoms with Gasteiger partial charge in [0.2, 0.25) is 0 Å². The monoisotopic (exact) mass is 279 g/mol. The number of aromatic nitrogens is 1. The Morgan fingerprint density at radius 2 is 2.10 bits per heavy atom. The van der Waals surface area contributed by atoms with Gasteiger partial charge in [0.25, 0.3) is 5.91 Å². The average Bonchev–Trinajstić information content (AvgIpc) is 2.52. The van der Waals surface area contributed by atoms with Crippen LogP contribution < -0.4 is 11.1 Å². The van der Waals surface area contributed by atoms with E-state index >= 15 is 0 Å². The van der Waals surface area contributed by atoms with Crippen molar-refractivity contribution in [3.8, 4) is 11.8 Å². The molecule has 1 heterocycles. The topological polar surface area (TPSA) is 68.0 Å². The fourth-order valence-electron chi connectivity index (χ4n) is 1.90. The smallest absolute Gasteiger partial charge is 0.252 e. The van der Waals surface area contributed by atoms with Crippen molar-refractivity contribution in [1.82, 2.24) is 10.3 Å². The number of rotatable bonds is 3. The Kier molecular flexibility index (Phi) is 5.08. The van der Waals surface area contributed by atoms with Gasteiger partial charge in [0.1, 0.15) is 0 Å². The van der Waals surface area contributed by atoms with Gasteiger partial charge in [-0.1, -0.05) is 30.0 Å². The Labute approximate surface area is 124 Å². The zero-order valence-electron chi connectivity index (χ0n) is 11.9. The van der Waals surface area contributed by atoms with Gasteiger partial charge >= 0.3 is 0 Å². The Hall–Kier alpha value is -2.64. The van der Waals surface area contributed by atoms with E-state index in [2.05, 4.69) is 22.1 Å². The largest absolute Gasteiger partial charge is 0.346 e. The maximum absolute atomic E-state index is 12.3. The number of amides is 1. The highest BCUT2D eigenvalue weighted by Crippen LogP contribution is 2.08. The maximum Gasteiger partial charge on any atom is 0.252 e. The molecule has 1 amide bonds. The van der Waals surface area contributed by atoms with E-state index in [0.717, 1.165) is 11.3 Å². The van der Waals surface area contributed by atoms with Gasteiger partial charge in [0, 0.05) is 11.8 Å². The number of aryl methyl sites for hydroxylation is 1. The molecule has 0 saturated carbocycles. The summed E-state index contributed by atoms with van der Waals surface area (Å²) in [6.07, 6.45) is 1.72. The van der Waals surface area contributed by atoms with Crippen LogP contribution in [0.15, 0.2) is 42.6 Å². The highest BCUT2D eigenvalue weighted by atomic mass is 16.1. The number of nitrogens with zero attached hydrogens (tertiary/aromatic N) is 1. The molecule has 0 aliphatic carbocycles. The number of carbonyl (C=O) groups excluding carboxylic acids is 1. The van der Waals surface area contributed by atoms with Crippen molar-refractivity contribution in [2.75, 3.05) is 6.54 Å². The Bertz CT molecular complexity index is 698. The van der Waals surface area contributed by atoms with Gasteiger partial charge in [-0.2, -0.15) is 0 Å². The first-order valence-corrected chi connectivity index (χ1v) is 6.69. The summed E-state index contributed by atoms with van der Waals surface area (Å²) in [4.78, 5) is 16.5. The van der Waals surface area contributed by atoms with Gasteiger partial charge in [-0.25, -0.2) is 0 Å². The molecule has 2 aromatic rings. The van der Waals surface area contributed by atoms with Crippen molar-refractivity contribution in [3.63, 3.8) is 0 Å². The average molecular weight is 279 g/mol. The first-order valence-electron chi connectivity index (χ1n) is 6.69. The second kappa shape index (κ2) is 7.22. The summed E-state index contributed by atoms with van der Waals surface area (Å²) in [6.45, 7) is 2.63. The summed E-state index contributed by atoms with van der Waals surface area (Å²) in [7, 11) is 0. The molecule has 3 N–H and O–H groups in total. The third-order valence-corrected chi connectivity index (χ3v) is 3.03. The number of nitrogens with one attached hydrogen (secondary N) is 1. The lowest BCUT2D eigenvalue weighted by Crippen LogP contribution is -2.24.